The van der Waals surface area contributed by atoms with Crippen LogP contribution in [0.25, 0.3) is 0 Å². The maximum absolute atomic E-state index is 12.9. The maximum atomic E-state index is 12.9. The van der Waals surface area contributed by atoms with E-state index in [1.54, 1.807) is 0 Å². The van der Waals surface area contributed by atoms with Crippen LogP contribution in [0.3, 0.4) is 0 Å². The first kappa shape index (κ1) is 90.3. The average molecular weight is 1340 g/mol. The minimum absolute atomic E-state index is 0.0165. The van der Waals surface area contributed by atoms with Gasteiger partial charge in [-0.3, -0.25) is 18.6 Å². The molecular weight excluding hydrogens is 1210 g/mol. The van der Waals surface area contributed by atoms with Crippen molar-refractivity contribution >= 4 is 19.8 Å². The molecule has 0 aliphatic rings. The monoisotopic (exact) mass is 1340 g/mol. The van der Waals surface area contributed by atoms with Crippen molar-refractivity contribution < 1.29 is 42.1 Å². The van der Waals surface area contributed by atoms with Crippen molar-refractivity contribution in [2.75, 3.05) is 47.5 Å². The van der Waals surface area contributed by atoms with Crippen molar-refractivity contribution in [1.29, 1.82) is 0 Å². The highest BCUT2D eigenvalue weighted by molar-refractivity contribution is 7.47. The third-order valence-corrected chi connectivity index (χ3v) is 16.0. The van der Waals surface area contributed by atoms with Crippen LogP contribution in [0.4, 0.5) is 0 Å². The third kappa shape index (κ3) is 77.3. The number of quaternary nitrogens is 1. The number of phosphoric ester groups is 1. The van der Waals surface area contributed by atoms with E-state index >= 15 is 0 Å². The molecule has 0 aliphatic carbocycles. The lowest BCUT2D eigenvalue weighted by Gasteiger charge is -2.24. The summed E-state index contributed by atoms with van der Waals surface area (Å²) >= 11 is 0. The van der Waals surface area contributed by atoms with E-state index in [9.17, 15) is 19.0 Å². The maximum Gasteiger partial charge on any atom is 0.472 e. The summed E-state index contributed by atoms with van der Waals surface area (Å²) in [4.78, 5) is 35.9. The predicted molar refractivity (Wildman–Crippen MR) is 417 cm³/mol. The van der Waals surface area contributed by atoms with Crippen LogP contribution in [0.5, 0.6) is 0 Å². The molecule has 96 heavy (non-hydrogen) atoms. The summed E-state index contributed by atoms with van der Waals surface area (Å²) in [5, 5.41) is 0. The van der Waals surface area contributed by atoms with Crippen LogP contribution >= 0.6 is 7.82 Å². The molecule has 0 spiro atoms. The molecule has 0 aromatic carbocycles. The Morgan fingerprint density at radius 1 is 0.323 bits per heavy atom. The van der Waals surface area contributed by atoms with Gasteiger partial charge in [0.1, 0.15) is 19.8 Å². The van der Waals surface area contributed by atoms with E-state index in [4.69, 9.17) is 18.5 Å². The van der Waals surface area contributed by atoms with Gasteiger partial charge in [0.15, 0.2) is 6.10 Å². The van der Waals surface area contributed by atoms with Gasteiger partial charge in [-0.05, 0) is 154 Å². The number of allylic oxidation sites excluding steroid dienone is 36. The van der Waals surface area contributed by atoms with Crippen molar-refractivity contribution in [3.8, 4) is 0 Å². The zero-order valence-corrected chi connectivity index (χ0v) is 62.2. The van der Waals surface area contributed by atoms with Crippen molar-refractivity contribution in [2.24, 2.45) is 0 Å². The molecule has 0 amide bonds. The van der Waals surface area contributed by atoms with E-state index < -0.39 is 32.5 Å². The summed E-state index contributed by atoms with van der Waals surface area (Å²) in [6.07, 6.45) is 118. The smallest absolute Gasteiger partial charge is 0.462 e. The molecule has 0 fully saturated rings. The Labute approximate surface area is 588 Å². The van der Waals surface area contributed by atoms with Crippen LogP contribution in [0.1, 0.15) is 258 Å². The fraction of sp³-hybridized carbons (Fsp3) is 0.558. The Hall–Kier alpha value is -5.67. The Kier molecular flexibility index (Phi) is 69.2. The van der Waals surface area contributed by atoms with Gasteiger partial charge in [-0.2, -0.15) is 0 Å². The normalized spacial score (nSPS) is 14.4. The van der Waals surface area contributed by atoms with Gasteiger partial charge < -0.3 is 18.9 Å². The number of carbonyl (C=O) groups is 2. The molecule has 0 saturated heterocycles. The van der Waals surface area contributed by atoms with Crippen LogP contribution in [0.15, 0.2) is 219 Å². The van der Waals surface area contributed by atoms with E-state index in [1.807, 2.05) is 21.1 Å². The number of ether oxygens (including phenoxy) is 2. The van der Waals surface area contributed by atoms with Gasteiger partial charge in [-0.1, -0.05) is 310 Å². The number of hydrogen-bond acceptors (Lipinski definition) is 7. The summed E-state index contributed by atoms with van der Waals surface area (Å²) in [6, 6.07) is 0. The molecule has 0 heterocycles. The molecule has 10 heteroatoms. The Morgan fingerprint density at radius 3 is 0.833 bits per heavy atom. The molecule has 0 aliphatic heterocycles. The second kappa shape index (κ2) is 73.6. The fourth-order valence-corrected chi connectivity index (χ4v) is 10.1. The van der Waals surface area contributed by atoms with E-state index in [1.165, 1.54) is 38.5 Å². The first-order valence-corrected chi connectivity index (χ1v) is 39.0. The van der Waals surface area contributed by atoms with Crippen molar-refractivity contribution in [3.63, 3.8) is 0 Å². The van der Waals surface area contributed by atoms with E-state index in [0.29, 0.717) is 23.9 Å². The number of phosphoric acid groups is 1. The molecule has 0 rings (SSSR count). The molecule has 1 N–H and O–H groups in total. The molecule has 0 aromatic heterocycles. The number of carbonyl (C=O) groups excluding carboxylic acids is 2. The molecule has 2 atom stereocenters. The van der Waals surface area contributed by atoms with Crippen LogP contribution in [0, 0.1) is 0 Å². The first-order valence-electron chi connectivity index (χ1n) is 37.5. The standard InChI is InChI=1S/C86H136NO8P/c1-6-8-10-12-14-16-18-20-22-24-26-28-30-32-34-36-38-39-40-41-42-43-44-45-46-47-49-51-53-55-57-59-61-63-65-67-69-71-73-75-77-79-86(89)95-84(83-94-96(90,91)93-81-80-87(3,4)5)82-92-85(88)78-76-74-72-70-68-66-64-62-60-58-56-54-52-50-48-37-35-33-31-29-27-25-23-21-19-17-15-13-11-9-7-2/h8-11,14-17,20-23,26-29,32-35,38-39,41-42,44-45,47-50,53-56,60,62,84H,6-7,12-13,18-19,24-25,30-31,36-37,40,43,46,51-52,57-59,61,63-83H2,1-5H3/p+1/b10-8-,11-9-,16-14-,17-15-,22-20-,23-21-,28-26-,29-27-,34-32-,35-33-,39-38-,42-41-,45-44-,49-47-,50-48-,55-53-,56-54-,62-60-. The van der Waals surface area contributed by atoms with Crippen LogP contribution in [-0.2, 0) is 32.7 Å². The molecule has 9 nitrogen and oxygen atoms in total. The molecule has 0 bridgehead atoms. The summed E-state index contributed by atoms with van der Waals surface area (Å²) < 4.78 is 34.7. The number of likely N-dealkylation sites (N-methyl/N-ethyl adjacent to an activating group) is 1. The molecule has 0 radical (unpaired) electrons. The topological polar surface area (TPSA) is 108 Å². The molecular formula is C86H137NO8P+. The molecule has 0 saturated carbocycles. The Balaban J connectivity index is 4.15. The highest BCUT2D eigenvalue weighted by atomic mass is 31.2. The van der Waals surface area contributed by atoms with Gasteiger partial charge in [-0.25, -0.2) is 4.57 Å². The summed E-state index contributed by atoms with van der Waals surface area (Å²) in [7, 11) is 1.44. The lowest BCUT2D eigenvalue weighted by Crippen LogP contribution is -2.37. The lowest BCUT2D eigenvalue weighted by atomic mass is 10.0. The third-order valence-electron chi connectivity index (χ3n) is 15.0. The van der Waals surface area contributed by atoms with Crippen molar-refractivity contribution in [2.45, 2.75) is 264 Å². The van der Waals surface area contributed by atoms with E-state index in [2.05, 4.69) is 233 Å². The van der Waals surface area contributed by atoms with Gasteiger partial charge in [0.2, 0.25) is 0 Å². The van der Waals surface area contributed by atoms with Gasteiger partial charge in [-0.15, -0.1) is 0 Å². The van der Waals surface area contributed by atoms with Crippen LogP contribution < -0.4 is 0 Å². The lowest BCUT2D eigenvalue weighted by molar-refractivity contribution is -0.870. The summed E-state index contributed by atoms with van der Waals surface area (Å²) in [6.45, 7) is 4.16. The second-order valence-electron chi connectivity index (χ2n) is 25.2. The highest BCUT2D eigenvalue weighted by Gasteiger charge is 2.27. The minimum Gasteiger partial charge on any atom is -0.462 e. The number of esters is 2. The van der Waals surface area contributed by atoms with Gasteiger partial charge in [0.25, 0.3) is 0 Å². The number of rotatable bonds is 66. The van der Waals surface area contributed by atoms with Crippen molar-refractivity contribution in [3.05, 3.63) is 219 Å². The summed E-state index contributed by atoms with van der Waals surface area (Å²) in [5.74, 6) is -0.834. The molecule has 538 valence electrons. The fourth-order valence-electron chi connectivity index (χ4n) is 9.35. The van der Waals surface area contributed by atoms with Crippen LogP contribution in [-0.4, -0.2) is 74.9 Å². The predicted octanol–water partition coefficient (Wildman–Crippen LogP) is 25.2. The molecule has 0 aromatic rings. The zero-order chi connectivity index (χ0) is 69.7. The van der Waals surface area contributed by atoms with Gasteiger partial charge in [0, 0.05) is 12.8 Å². The zero-order valence-electron chi connectivity index (χ0n) is 61.3. The van der Waals surface area contributed by atoms with Gasteiger partial charge >= 0.3 is 19.8 Å². The Morgan fingerprint density at radius 2 is 0.562 bits per heavy atom. The largest absolute Gasteiger partial charge is 0.472 e. The Bertz CT molecular complexity index is 2430. The van der Waals surface area contributed by atoms with Crippen LogP contribution in [0.2, 0.25) is 0 Å². The number of nitrogens with zero attached hydrogens (tertiary/aromatic N) is 1. The summed E-state index contributed by atoms with van der Waals surface area (Å²) in [5.41, 5.74) is 0. The number of hydrogen-bond donors (Lipinski definition) is 1. The van der Waals surface area contributed by atoms with Gasteiger partial charge in [0.05, 0.1) is 27.7 Å². The average Bonchev–Trinajstić information content (AvgIpc) is 2.54. The minimum atomic E-state index is -4.42. The first-order chi connectivity index (χ1) is 47.0. The SMILES string of the molecule is CC/C=C\C/C=C\C/C=C\C/C=C\C/C=C\C/C=C\C/C=C\C/C=C\C/C=C\C/C=C\CCCCCCCCCCCCC(=O)OC(COC(=O)CCCCCCCC/C=C\C/C=C\C/C=C\C/C=C\C/C=C\C/C=C\C/C=C\C/C=C\CC)COP(=O)(O)OCC[N+](C)(C)C. The van der Waals surface area contributed by atoms with E-state index in [0.717, 1.165) is 180 Å². The quantitative estimate of drug-likeness (QED) is 0.0211. The molecule has 2 unspecified atom stereocenters. The highest BCUT2D eigenvalue weighted by Crippen LogP contribution is 2.43. The number of unbranched alkanes of at least 4 members (excludes halogenated alkanes) is 16. The van der Waals surface area contributed by atoms with Crippen molar-refractivity contribution in [1.82, 2.24) is 0 Å². The second-order valence-corrected chi connectivity index (χ2v) is 26.7. The van der Waals surface area contributed by atoms with E-state index in [-0.39, 0.29) is 26.1 Å².